The van der Waals surface area contributed by atoms with Gasteiger partial charge in [0.25, 0.3) is 5.22 Å². The molecule has 2 heterocycles. The van der Waals surface area contributed by atoms with Gasteiger partial charge in [0.05, 0.1) is 29.9 Å². The van der Waals surface area contributed by atoms with E-state index in [1.165, 1.54) is 24.4 Å². The molecule has 0 saturated carbocycles. The van der Waals surface area contributed by atoms with Gasteiger partial charge in [-0.25, -0.2) is 14.8 Å². The number of amides is 3. The summed E-state index contributed by atoms with van der Waals surface area (Å²) in [5.41, 5.74) is 1.34. The third kappa shape index (κ3) is 12.0. The van der Waals surface area contributed by atoms with E-state index in [0.717, 1.165) is 11.3 Å². The van der Waals surface area contributed by atoms with Gasteiger partial charge in [0.1, 0.15) is 23.9 Å². The second-order valence-electron chi connectivity index (χ2n) is 12.1. The summed E-state index contributed by atoms with van der Waals surface area (Å²) < 4.78 is 10.8. The molecule has 1 unspecified atom stereocenters. The zero-order valence-corrected chi connectivity index (χ0v) is 26.9. The molecule has 44 heavy (non-hydrogen) atoms. The Balaban J connectivity index is 1.78. The normalized spacial score (nSPS) is 14.4. The smallest absolute Gasteiger partial charge is 0.408 e. The number of hydrogen-bond acceptors (Lipinski definition) is 9. The Morgan fingerprint density at radius 3 is 2.32 bits per heavy atom. The van der Waals surface area contributed by atoms with Crippen LogP contribution < -0.4 is 16.0 Å². The highest BCUT2D eigenvalue weighted by Crippen LogP contribution is 2.21. The molecule has 3 rings (SSSR count). The molecule has 5 N–H and O–H groups in total. The highest BCUT2D eigenvalue weighted by atomic mass is 32.2. The van der Waals surface area contributed by atoms with Gasteiger partial charge in [0.2, 0.25) is 11.8 Å². The molecule has 3 amide bonds. The maximum absolute atomic E-state index is 13.7. The number of carbonyl (C=O) groups is 3. The van der Waals surface area contributed by atoms with Crippen molar-refractivity contribution in [3.05, 3.63) is 66.1 Å². The van der Waals surface area contributed by atoms with Crippen LogP contribution in [0.2, 0.25) is 0 Å². The molecular formula is C31H44N6O6S. The summed E-state index contributed by atoms with van der Waals surface area (Å²) in [5.74, 6) is -0.644. The van der Waals surface area contributed by atoms with Gasteiger partial charge >= 0.3 is 6.09 Å². The van der Waals surface area contributed by atoms with Crippen LogP contribution in [0, 0.1) is 12.8 Å². The second-order valence-corrected chi connectivity index (χ2v) is 13.1. The lowest BCUT2D eigenvalue weighted by Crippen LogP contribution is -2.57. The van der Waals surface area contributed by atoms with Crippen LogP contribution in [0.25, 0.3) is 0 Å². The molecule has 12 nitrogen and oxygen atoms in total. The number of hydrogen-bond donors (Lipinski definition) is 5. The van der Waals surface area contributed by atoms with E-state index in [9.17, 15) is 19.5 Å². The minimum Gasteiger partial charge on any atom is -0.444 e. The lowest BCUT2D eigenvalue weighted by atomic mass is 9.99. The molecule has 13 heteroatoms. The molecule has 0 radical (unpaired) electrons. The van der Waals surface area contributed by atoms with E-state index in [4.69, 9.17) is 9.15 Å². The second kappa shape index (κ2) is 16.3. The van der Waals surface area contributed by atoms with Gasteiger partial charge in [-0.3, -0.25) is 9.59 Å². The number of aromatic nitrogens is 3. The Morgan fingerprint density at radius 1 is 1.05 bits per heavy atom. The maximum atomic E-state index is 13.7. The molecule has 1 aromatic carbocycles. The highest BCUT2D eigenvalue weighted by Gasteiger charge is 2.32. The fourth-order valence-electron chi connectivity index (χ4n) is 4.38. The number of aryl methyl sites for hydroxylation is 1. The first kappa shape index (κ1) is 34.6. The quantitative estimate of drug-likeness (QED) is 0.158. The molecule has 2 aromatic heterocycles. The number of aliphatic hydroxyl groups is 1. The third-order valence-electron chi connectivity index (χ3n) is 6.38. The van der Waals surface area contributed by atoms with Crippen molar-refractivity contribution in [2.75, 3.05) is 5.75 Å². The summed E-state index contributed by atoms with van der Waals surface area (Å²) in [6, 6.07) is 6.55. The molecule has 0 spiro atoms. The average molecular weight is 629 g/mol. The van der Waals surface area contributed by atoms with Crippen molar-refractivity contribution in [3.8, 4) is 0 Å². The van der Waals surface area contributed by atoms with Gasteiger partial charge in [-0.1, -0.05) is 55.9 Å². The van der Waals surface area contributed by atoms with Crippen LogP contribution >= 0.6 is 11.8 Å². The van der Waals surface area contributed by atoms with Crippen LogP contribution in [-0.2, 0) is 27.2 Å². The van der Waals surface area contributed by atoms with E-state index in [-0.39, 0.29) is 24.5 Å². The molecule has 0 aliphatic carbocycles. The Kier molecular flexibility index (Phi) is 12.8. The number of aliphatic hydroxyl groups excluding tert-OH is 1. The van der Waals surface area contributed by atoms with Crippen LogP contribution in [0.5, 0.6) is 0 Å². The third-order valence-corrected chi connectivity index (χ3v) is 7.33. The lowest BCUT2D eigenvalue weighted by molar-refractivity contribution is -0.130. The van der Waals surface area contributed by atoms with Crippen molar-refractivity contribution in [1.82, 2.24) is 30.9 Å². The van der Waals surface area contributed by atoms with Crippen molar-refractivity contribution in [2.24, 2.45) is 5.92 Å². The van der Waals surface area contributed by atoms with E-state index in [1.54, 1.807) is 27.0 Å². The average Bonchev–Trinajstić information content (AvgIpc) is 3.61. The zero-order valence-electron chi connectivity index (χ0n) is 26.1. The minimum absolute atomic E-state index is 0.0837. The summed E-state index contributed by atoms with van der Waals surface area (Å²) in [7, 11) is 0. The monoisotopic (exact) mass is 628 g/mol. The van der Waals surface area contributed by atoms with Crippen LogP contribution in [0.1, 0.15) is 58.0 Å². The van der Waals surface area contributed by atoms with Crippen LogP contribution in [0.4, 0.5) is 4.79 Å². The van der Waals surface area contributed by atoms with Crippen molar-refractivity contribution >= 4 is 29.7 Å². The highest BCUT2D eigenvalue weighted by molar-refractivity contribution is 7.99. The number of carbonyl (C=O) groups excluding carboxylic acids is 3. The first-order valence-electron chi connectivity index (χ1n) is 14.6. The number of nitrogens with zero attached hydrogens (tertiary/aromatic N) is 2. The predicted molar refractivity (Wildman–Crippen MR) is 167 cm³/mol. The number of rotatable bonds is 15. The summed E-state index contributed by atoms with van der Waals surface area (Å²) in [6.45, 7) is 11.0. The van der Waals surface area contributed by atoms with Crippen LogP contribution in [0.15, 0.2) is 58.8 Å². The largest absolute Gasteiger partial charge is 0.444 e. The fraction of sp³-hybridized carbons (Fsp3) is 0.516. The van der Waals surface area contributed by atoms with E-state index in [2.05, 4.69) is 30.9 Å². The zero-order chi connectivity index (χ0) is 32.3. The van der Waals surface area contributed by atoms with Gasteiger partial charge in [0.15, 0.2) is 0 Å². The summed E-state index contributed by atoms with van der Waals surface area (Å²) in [6.07, 6.45) is 3.75. The van der Waals surface area contributed by atoms with Gasteiger partial charge in [0, 0.05) is 24.8 Å². The van der Waals surface area contributed by atoms with Crippen molar-refractivity contribution < 1.29 is 28.6 Å². The number of imidazole rings is 1. The summed E-state index contributed by atoms with van der Waals surface area (Å²) in [5, 5.41) is 19.9. The summed E-state index contributed by atoms with van der Waals surface area (Å²) in [4.78, 5) is 51.5. The standard InChI is InChI=1S/C31H44N6O6S/c1-19(2)12-23(26(38)17-44-30-34-20(3)16-42-30)35-28(40)25(14-22-15-32-18-33-22)36-27(39)24(13-21-10-8-7-9-11-21)37-29(41)43-31(4,5)6/h7-11,15-16,18-19,23-26,38H,12-14,17H2,1-6H3,(H,32,33)(H,35,40)(H,36,39)(H,37,41)/t23-,24-,25-,26?/m0/s1. The molecule has 240 valence electrons. The first-order valence-corrected chi connectivity index (χ1v) is 15.6. The minimum atomic E-state index is -1.05. The van der Waals surface area contributed by atoms with Crippen LogP contribution in [-0.4, -0.2) is 73.5 Å². The van der Waals surface area contributed by atoms with E-state index in [0.29, 0.717) is 17.3 Å². The molecule has 4 atom stereocenters. The Labute approximate surface area is 262 Å². The number of alkyl carbamates (subject to hydrolysis) is 1. The van der Waals surface area contributed by atoms with Crippen molar-refractivity contribution in [2.45, 2.75) is 95.9 Å². The molecule has 0 aliphatic heterocycles. The number of benzene rings is 1. The van der Waals surface area contributed by atoms with E-state index >= 15 is 0 Å². The Bertz CT molecular complexity index is 1320. The number of H-pyrrole nitrogens is 1. The Hall–Kier alpha value is -3.84. The Morgan fingerprint density at radius 2 is 1.73 bits per heavy atom. The van der Waals surface area contributed by atoms with E-state index < -0.39 is 47.7 Å². The lowest BCUT2D eigenvalue weighted by Gasteiger charge is -2.29. The molecule has 0 bridgehead atoms. The van der Waals surface area contributed by atoms with E-state index in [1.807, 2.05) is 51.1 Å². The molecule has 3 aromatic rings. The topological polar surface area (TPSA) is 171 Å². The van der Waals surface area contributed by atoms with Gasteiger partial charge in [-0.05, 0) is 45.6 Å². The molecule has 0 saturated heterocycles. The summed E-state index contributed by atoms with van der Waals surface area (Å²) >= 11 is 1.25. The van der Waals surface area contributed by atoms with Gasteiger partial charge < -0.3 is 35.2 Å². The SMILES string of the molecule is Cc1coc(SCC(O)[C@H](CC(C)C)NC(=O)[C@H](Cc2c[nH]cn2)NC(=O)[C@H](Cc2ccccc2)NC(=O)OC(C)(C)C)n1. The van der Waals surface area contributed by atoms with Gasteiger partial charge in [-0.15, -0.1) is 0 Å². The number of nitrogens with one attached hydrogen (secondary N) is 4. The van der Waals surface area contributed by atoms with Gasteiger partial charge in [-0.2, -0.15) is 0 Å². The predicted octanol–water partition coefficient (Wildman–Crippen LogP) is 3.55. The molecular weight excluding hydrogens is 584 g/mol. The number of ether oxygens (including phenoxy) is 1. The first-order chi connectivity index (χ1) is 20.8. The van der Waals surface area contributed by atoms with Crippen molar-refractivity contribution in [1.29, 1.82) is 0 Å². The molecule has 0 aliphatic rings. The maximum Gasteiger partial charge on any atom is 0.408 e. The van der Waals surface area contributed by atoms with Crippen molar-refractivity contribution in [3.63, 3.8) is 0 Å². The fourth-order valence-corrected chi connectivity index (χ4v) is 5.25. The number of aromatic amines is 1. The number of thioether (sulfide) groups is 1. The number of oxazole rings is 1. The van der Waals surface area contributed by atoms with Crippen LogP contribution in [0.3, 0.4) is 0 Å². The molecule has 0 fully saturated rings.